The van der Waals surface area contributed by atoms with E-state index in [1.807, 2.05) is 26.0 Å². The number of carbonyl (C=O) groups excluding carboxylic acids is 1. The fraction of sp³-hybridized carbons (Fsp3) is 0.562. The molecule has 0 atom stereocenters. The van der Waals surface area contributed by atoms with Crippen LogP contribution in [0.3, 0.4) is 0 Å². The van der Waals surface area contributed by atoms with Crippen molar-refractivity contribution in [2.75, 3.05) is 0 Å². The van der Waals surface area contributed by atoms with Crippen LogP contribution in [-0.2, 0) is 0 Å². The van der Waals surface area contributed by atoms with E-state index in [-0.39, 0.29) is 5.41 Å². The summed E-state index contributed by atoms with van der Waals surface area (Å²) in [6, 6.07) is 3.87. The van der Waals surface area contributed by atoms with Crippen molar-refractivity contribution < 1.29 is 4.79 Å². The molecule has 0 radical (unpaired) electrons. The van der Waals surface area contributed by atoms with Gasteiger partial charge in [-0.3, -0.25) is 4.79 Å². The van der Waals surface area contributed by atoms with Gasteiger partial charge in [0.05, 0.1) is 0 Å². The van der Waals surface area contributed by atoms with E-state index >= 15 is 0 Å². The lowest BCUT2D eigenvalue weighted by Gasteiger charge is -2.32. The number of hydrogen-bond acceptors (Lipinski definition) is 1. The van der Waals surface area contributed by atoms with Crippen LogP contribution >= 0.6 is 11.6 Å². The summed E-state index contributed by atoms with van der Waals surface area (Å²) in [6.07, 6.45) is 5.66. The summed E-state index contributed by atoms with van der Waals surface area (Å²) < 4.78 is 0. The maximum Gasteiger partial charge on any atom is 0.168 e. The van der Waals surface area contributed by atoms with Crippen molar-refractivity contribution in [1.82, 2.24) is 0 Å². The van der Waals surface area contributed by atoms with Crippen molar-refractivity contribution >= 4 is 17.4 Å². The van der Waals surface area contributed by atoms with Gasteiger partial charge in [0.15, 0.2) is 5.78 Å². The zero-order valence-corrected chi connectivity index (χ0v) is 12.2. The smallest absolute Gasteiger partial charge is 0.168 e. The van der Waals surface area contributed by atoms with Gasteiger partial charge in [-0.25, -0.2) is 0 Å². The topological polar surface area (TPSA) is 17.1 Å². The summed E-state index contributed by atoms with van der Waals surface area (Å²) in [6.45, 7) is 6.06. The van der Waals surface area contributed by atoms with E-state index in [9.17, 15) is 4.79 Å². The van der Waals surface area contributed by atoms with Crippen molar-refractivity contribution in [2.45, 2.75) is 52.9 Å². The van der Waals surface area contributed by atoms with Gasteiger partial charge in [0.25, 0.3) is 0 Å². The Labute approximate surface area is 115 Å². The van der Waals surface area contributed by atoms with Gasteiger partial charge < -0.3 is 0 Å². The van der Waals surface area contributed by atoms with Crippen molar-refractivity contribution in [3.63, 3.8) is 0 Å². The number of Topliss-reactive ketones (excluding diaryl/α,β-unsaturated/α-hetero) is 1. The molecule has 1 nitrogen and oxygen atoms in total. The monoisotopic (exact) mass is 264 g/mol. The molecular formula is C16H21ClO. The Morgan fingerprint density at radius 1 is 1.11 bits per heavy atom. The first-order chi connectivity index (χ1) is 8.44. The maximum atomic E-state index is 12.8. The van der Waals surface area contributed by atoms with Crippen LogP contribution in [0.15, 0.2) is 12.1 Å². The second kappa shape index (κ2) is 5.05. The number of rotatable bonds is 2. The molecule has 0 spiro atoms. The quantitative estimate of drug-likeness (QED) is 0.679. The van der Waals surface area contributed by atoms with E-state index in [2.05, 4.69) is 6.92 Å². The highest BCUT2D eigenvalue weighted by Crippen LogP contribution is 2.39. The number of halogens is 1. The Bertz CT molecular complexity index is 470. The van der Waals surface area contributed by atoms with Crippen LogP contribution in [0.25, 0.3) is 0 Å². The van der Waals surface area contributed by atoms with Gasteiger partial charge in [0.2, 0.25) is 0 Å². The zero-order valence-electron chi connectivity index (χ0n) is 11.5. The minimum Gasteiger partial charge on any atom is -0.294 e. The third kappa shape index (κ3) is 2.47. The van der Waals surface area contributed by atoms with Crippen LogP contribution in [-0.4, -0.2) is 5.78 Å². The molecule has 0 unspecified atom stereocenters. The highest BCUT2D eigenvalue weighted by Gasteiger charge is 2.35. The summed E-state index contributed by atoms with van der Waals surface area (Å²) in [5.41, 5.74) is 2.69. The maximum absolute atomic E-state index is 12.8. The third-order valence-corrected chi connectivity index (χ3v) is 4.66. The van der Waals surface area contributed by atoms with Gasteiger partial charge in [-0.2, -0.15) is 0 Å². The molecule has 0 N–H and O–H groups in total. The van der Waals surface area contributed by atoms with E-state index in [4.69, 9.17) is 11.6 Å². The summed E-state index contributed by atoms with van der Waals surface area (Å²) in [4.78, 5) is 12.8. The Balaban J connectivity index is 2.36. The molecule has 0 heterocycles. The highest BCUT2D eigenvalue weighted by molar-refractivity contribution is 6.31. The van der Waals surface area contributed by atoms with Crippen LogP contribution in [0.4, 0.5) is 0 Å². The van der Waals surface area contributed by atoms with E-state index in [0.717, 1.165) is 34.6 Å². The molecule has 2 heteroatoms. The molecule has 1 aliphatic rings. The van der Waals surface area contributed by atoms with Gasteiger partial charge >= 0.3 is 0 Å². The molecule has 1 fully saturated rings. The van der Waals surface area contributed by atoms with Gasteiger partial charge in [-0.15, -0.1) is 0 Å². The van der Waals surface area contributed by atoms with E-state index < -0.39 is 0 Å². The fourth-order valence-corrected chi connectivity index (χ4v) is 3.13. The fourth-order valence-electron chi connectivity index (χ4n) is 2.91. The molecular weight excluding hydrogens is 244 g/mol. The number of benzene rings is 1. The molecule has 1 saturated carbocycles. The lowest BCUT2D eigenvalue weighted by atomic mass is 9.70. The van der Waals surface area contributed by atoms with Gasteiger partial charge in [-0.1, -0.05) is 37.8 Å². The predicted molar refractivity (Wildman–Crippen MR) is 76.4 cm³/mol. The molecule has 2 rings (SSSR count). The molecule has 1 aromatic carbocycles. The third-order valence-electron chi connectivity index (χ3n) is 4.26. The first-order valence-corrected chi connectivity index (χ1v) is 7.13. The van der Waals surface area contributed by atoms with Crippen molar-refractivity contribution in [1.29, 1.82) is 0 Å². The molecule has 0 aromatic heterocycles. The average Bonchev–Trinajstić information content (AvgIpc) is 2.34. The van der Waals surface area contributed by atoms with E-state index in [1.165, 1.54) is 19.3 Å². The van der Waals surface area contributed by atoms with Gasteiger partial charge in [-0.05, 0) is 49.9 Å². The highest BCUT2D eigenvalue weighted by atomic mass is 35.5. The number of hydrogen-bond donors (Lipinski definition) is 0. The molecule has 1 aliphatic carbocycles. The lowest BCUT2D eigenvalue weighted by Crippen LogP contribution is -2.30. The average molecular weight is 265 g/mol. The van der Waals surface area contributed by atoms with Crippen LogP contribution < -0.4 is 0 Å². The summed E-state index contributed by atoms with van der Waals surface area (Å²) in [5.74, 6) is 0.305. The van der Waals surface area contributed by atoms with Crippen LogP contribution in [0.5, 0.6) is 0 Å². The largest absolute Gasteiger partial charge is 0.294 e. The molecule has 0 aliphatic heterocycles. The number of ketones is 1. The number of carbonyl (C=O) groups is 1. The second-order valence-corrected chi connectivity index (χ2v) is 6.27. The van der Waals surface area contributed by atoms with Crippen LogP contribution in [0.2, 0.25) is 5.02 Å². The van der Waals surface area contributed by atoms with E-state index in [1.54, 1.807) is 0 Å². The Hall–Kier alpha value is -0.820. The van der Waals surface area contributed by atoms with Crippen molar-refractivity contribution in [3.8, 4) is 0 Å². The summed E-state index contributed by atoms with van der Waals surface area (Å²) >= 11 is 6.10. The zero-order chi connectivity index (χ0) is 13.3. The molecule has 18 heavy (non-hydrogen) atoms. The predicted octanol–water partition coefficient (Wildman–Crippen LogP) is 5.11. The molecule has 98 valence electrons. The minimum atomic E-state index is -0.163. The molecule has 1 aromatic rings. The Morgan fingerprint density at radius 3 is 2.33 bits per heavy atom. The molecule has 0 saturated heterocycles. The van der Waals surface area contributed by atoms with Crippen LogP contribution in [0.1, 0.15) is 60.5 Å². The number of aryl methyl sites for hydroxylation is 2. The Morgan fingerprint density at radius 2 is 1.72 bits per heavy atom. The van der Waals surface area contributed by atoms with Crippen LogP contribution in [0, 0.1) is 19.3 Å². The first-order valence-electron chi connectivity index (χ1n) is 6.75. The van der Waals surface area contributed by atoms with Crippen molar-refractivity contribution in [2.24, 2.45) is 5.41 Å². The lowest BCUT2D eigenvalue weighted by molar-refractivity contribution is 0.0749. The standard InChI is InChI=1S/C16H21ClO/c1-11-10-14(17)12(2)9-13(11)15(18)16(3)7-5-4-6-8-16/h9-10H,4-8H2,1-3H3. The summed E-state index contributed by atoms with van der Waals surface area (Å²) in [7, 11) is 0. The van der Waals surface area contributed by atoms with Gasteiger partial charge in [0, 0.05) is 16.0 Å². The first kappa shape index (κ1) is 13.6. The SMILES string of the molecule is Cc1cc(C(=O)C2(C)CCCCC2)c(C)cc1Cl. The normalized spacial score (nSPS) is 18.7. The molecule has 0 amide bonds. The van der Waals surface area contributed by atoms with Gasteiger partial charge in [0.1, 0.15) is 0 Å². The van der Waals surface area contributed by atoms with E-state index in [0.29, 0.717) is 5.78 Å². The second-order valence-electron chi connectivity index (χ2n) is 5.87. The van der Waals surface area contributed by atoms with Crippen molar-refractivity contribution in [3.05, 3.63) is 33.8 Å². The summed E-state index contributed by atoms with van der Waals surface area (Å²) in [5, 5.41) is 0.748. The minimum absolute atomic E-state index is 0.163. The molecule has 0 bridgehead atoms. The Kier molecular flexibility index (Phi) is 3.82.